The van der Waals surface area contributed by atoms with E-state index in [1.807, 2.05) is 0 Å². The minimum atomic E-state index is -0.985. The maximum Gasteiger partial charge on any atom is 0.321 e. The highest BCUT2D eigenvalue weighted by molar-refractivity contribution is 5.94. The van der Waals surface area contributed by atoms with Gasteiger partial charge >= 0.3 is 12.0 Å². The Bertz CT molecular complexity index is 254. The van der Waals surface area contributed by atoms with Crippen LogP contribution in [-0.2, 0) is 9.59 Å². The number of imide groups is 1. The normalized spacial score (nSPS) is 11.6. The fraction of sp³-hybridized carbons (Fsp3) is 0.625. The molecule has 0 unspecified atom stereocenters. The van der Waals surface area contributed by atoms with Gasteiger partial charge in [0.2, 0.25) is 5.91 Å². The fourth-order valence-electron chi connectivity index (χ4n) is 0.741. The number of carbonyl (C=O) groups excluding carboxylic acids is 2. The van der Waals surface area contributed by atoms with Gasteiger partial charge < -0.3 is 15.7 Å². The van der Waals surface area contributed by atoms with Crippen LogP contribution in [0.2, 0.25) is 0 Å². The summed E-state index contributed by atoms with van der Waals surface area (Å²) in [6.07, 6.45) is 0.0467. The third-order valence-corrected chi connectivity index (χ3v) is 1.65. The third-order valence-electron chi connectivity index (χ3n) is 1.65. The first-order valence-electron chi connectivity index (χ1n) is 4.45. The molecule has 7 nitrogen and oxygen atoms in total. The first kappa shape index (κ1) is 13.4. The van der Waals surface area contributed by atoms with Crippen LogP contribution in [0.1, 0.15) is 13.3 Å². The number of carbonyl (C=O) groups is 3. The van der Waals surface area contributed by atoms with Crippen molar-refractivity contribution in [3.63, 3.8) is 0 Å². The largest absolute Gasteiger partial charge is 0.480 e. The summed E-state index contributed by atoms with van der Waals surface area (Å²) < 4.78 is 0. The van der Waals surface area contributed by atoms with Crippen LogP contribution in [0.3, 0.4) is 0 Å². The van der Waals surface area contributed by atoms with Crippen molar-refractivity contribution in [3.8, 4) is 0 Å². The minimum Gasteiger partial charge on any atom is -0.480 e. The fourth-order valence-corrected chi connectivity index (χ4v) is 0.741. The predicted octanol–water partition coefficient (Wildman–Crippen LogP) is -1.11. The van der Waals surface area contributed by atoms with Crippen LogP contribution in [0.25, 0.3) is 0 Å². The molecule has 0 bridgehead atoms. The SMILES string of the molecule is CNC(=O)NC(=O)CCN[C@@H](C)C(=O)O. The summed E-state index contributed by atoms with van der Waals surface area (Å²) >= 11 is 0. The average Bonchev–Trinajstić information content (AvgIpc) is 2.17. The second-order valence-electron chi connectivity index (χ2n) is 2.89. The van der Waals surface area contributed by atoms with Crippen LogP contribution in [0.4, 0.5) is 4.79 Å². The van der Waals surface area contributed by atoms with E-state index in [0.717, 1.165) is 0 Å². The van der Waals surface area contributed by atoms with Crippen molar-refractivity contribution in [1.29, 1.82) is 0 Å². The maximum atomic E-state index is 11.0. The molecule has 0 aliphatic heterocycles. The lowest BCUT2D eigenvalue weighted by molar-refractivity contribution is -0.139. The van der Waals surface area contributed by atoms with Crippen LogP contribution in [-0.4, -0.2) is 42.6 Å². The van der Waals surface area contributed by atoms with Gasteiger partial charge in [-0.3, -0.25) is 14.9 Å². The van der Waals surface area contributed by atoms with Gasteiger partial charge in [-0.25, -0.2) is 4.79 Å². The number of aliphatic carboxylic acids is 1. The van der Waals surface area contributed by atoms with E-state index < -0.39 is 23.9 Å². The molecule has 0 aromatic rings. The van der Waals surface area contributed by atoms with Crippen molar-refractivity contribution >= 4 is 17.9 Å². The van der Waals surface area contributed by atoms with Gasteiger partial charge in [0.15, 0.2) is 0 Å². The summed E-state index contributed by atoms with van der Waals surface area (Å²) in [5.74, 6) is -1.44. The number of hydrogen-bond donors (Lipinski definition) is 4. The Balaban J connectivity index is 3.64. The van der Waals surface area contributed by atoms with Crippen LogP contribution >= 0.6 is 0 Å². The summed E-state index contributed by atoms with van der Waals surface area (Å²) in [6, 6.07) is -1.29. The molecule has 0 radical (unpaired) electrons. The van der Waals surface area contributed by atoms with Crippen LogP contribution in [0.15, 0.2) is 0 Å². The molecule has 0 saturated heterocycles. The van der Waals surface area contributed by atoms with E-state index in [4.69, 9.17) is 5.11 Å². The summed E-state index contributed by atoms with van der Waals surface area (Å²) in [5, 5.41) is 15.4. The number of urea groups is 1. The van der Waals surface area contributed by atoms with Crippen LogP contribution < -0.4 is 16.0 Å². The molecule has 7 heteroatoms. The first-order valence-corrected chi connectivity index (χ1v) is 4.45. The molecule has 0 spiro atoms. The van der Waals surface area contributed by atoms with E-state index in [-0.39, 0.29) is 13.0 Å². The molecule has 0 saturated carbocycles. The predicted molar refractivity (Wildman–Crippen MR) is 52.3 cm³/mol. The van der Waals surface area contributed by atoms with E-state index in [2.05, 4.69) is 16.0 Å². The number of nitrogens with one attached hydrogen (secondary N) is 3. The average molecular weight is 217 g/mol. The van der Waals surface area contributed by atoms with Gasteiger partial charge in [-0.1, -0.05) is 0 Å². The monoisotopic (exact) mass is 217 g/mol. The van der Waals surface area contributed by atoms with Crippen molar-refractivity contribution in [2.45, 2.75) is 19.4 Å². The molecule has 0 aliphatic rings. The van der Waals surface area contributed by atoms with E-state index in [9.17, 15) is 14.4 Å². The van der Waals surface area contributed by atoms with Crippen molar-refractivity contribution in [1.82, 2.24) is 16.0 Å². The van der Waals surface area contributed by atoms with Gasteiger partial charge in [-0.2, -0.15) is 0 Å². The van der Waals surface area contributed by atoms with Gasteiger partial charge in [0.25, 0.3) is 0 Å². The summed E-state index contributed by atoms with van der Waals surface area (Å²) in [5.41, 5.74) is 0. The summed E-state index contributed by atoms with van der Waals surface area (Å²) in [7, 11) is 1.40. The van der Waals surface area contributed by atoms with Crippen LogP contribution in [0, 0.1) is 0 Å². The molecular formula is C8H15N3O4. The standard InChI is InChI=1S/C8H15N3O4/c1-5(7(13)14)10-4-3-6(12)11-8(15)9-2/h5,10H,3-4H2,1-2H3,(H,13,14)(H2,9,11,12,15)/t5-/m0/s1. The molecular weight excluding hydrogens is 202 g/mol. The smallest absolute Gasteiger partial charge is 0.321 e. The highest BCUT2D eigenvalue weighted by Gasteiger charge is 2.10. The number of carboxylic acids is 1. The zero-order chi connectivity index (χ0) is 11.8. The lowest BCUT2D eigenvalue weighted by atomic mass is 10.3. The van der Waals surface area contributed by atoms with E-state index >= 15 is 0 Å². The van der Waals surface area contributed by atoms with Gasteiger partial charge in [-0.05, 0) is 6.92 Å². The number of hydrogen-bond acceptors (Lipinski definition) is 4. The van der Waals surface area contributed by atoms with Crippen molar-refractivity contribution in [2.24, 2.45) is 0 Å². The Morgan fingerprint density at radius 3 is 2.40 bits per heavy atom. The molecule has 0 fully saturated rings. The van der Waals surface area contributed by atoms with Gasteiger partial charge in [0, 0.05) is 20.0 Å². The van der Waals surface area contributed by atoms with Gasteiger partial charge in [0.05, 0.1) is 0 Å². The second kappa shape index (κ2) is 6.77. The molecule has 15 heavy (non-hydrogen) atoms. The third kappa shape index (κ3) is 6.44. The number of amides is 3. The second-order valence-corrected chi connectivity index (χ2v) is 2.89. The maximum absolute atomic E-state index is 11.0. The lowest BCUT2D eigenvalue weighted by Crippen LogP contribution is -2.40. The van der Waals surface area contributed by atoms with Crippen LogP contribution in [0.5, 0.6) is 0 Å². The van der Waals surface area contributed by atoms with Gasteiger partial charge in [-0.15, -0.1) is 0 Å². The van der Waals surface area contributed by atoms with E-state index in [1.165, 1.54) is 14.0 Å². The molecule has 0 rings (SSSR count). The molecule has 86 valence electrons. The zero-order valence-corrected chi connectivity index (χ0v) is 8.66. The Morgan fingerprint density at radius 2 is 1.93 bits per heavy atom. The number of rotatable bonds is 5. The number of carboxylic acid groups (broad SMARTS) is 1. The van der Waals surface area contributed by atoms with E-state index in [0.29, 0.717) is 0 Å². The highest BCUT2D eigenvalue weighted by atomic mass is 16.4. The molecule has 0 heterocycles. The minimum absolute atomic E-state index is 0.0467. The Labute approximate surface area is 87.2 Å². The van der Waals surface area contributed by atoms with E-state index in [1.54, 1.807) is 0 Å². The zero-order valence-electron chi connectivity index (χ0n) is 8.66. The summed E-state index contributed by atoms with van der Waals surface area (Å²) in [4.78, 5) is 32.0. The first-order chi connectivity index (χ1) is 6.97. The molecule has 0 aromatic heterocycles. The molecule has 1 atom stereocenters. The Hall–Kier alpha value is -1.63. The quantitative estimate of drug-likeness (QED) is 0.467. The Kier molecular flexibility index (Phi) is 6.03. The summed E-state index contributed by atoms with van der Waals surface area (Å²) in [6.45, 7) is 1.68. The van der Waals surface area contributed by atoms with Crippen molar-refractivity contribution in [3.05, 3.63) is 0 Å². The Morgan fingerprint density at radius 1 is 1.33 bits per heavy atom. The lowest BCUT2D eigenvalue weighted by Gasteiger charge is -2.08. The molecule has 0 aliphatic carbocycles. The van der Waals surface area contributed by atoms with Crippen molar-refractivity contribution < 1.29 is 19.5 Å². The topological polar surface area (TPSA) is 108 Å². The molecule has 0 aromatic carbocycles. The molecule has 4 N–H and O–H groups in total. The molecule has 3 amide bonds. The highest BCUT2D eigenvalue weighted by Crippen LogP contribution is 1.83. The van der Waals surface area contributed by atoms with Gasteiger partial charge in [0.1, 0.15) is 6.04 Å². The van der Waals surface area contributed by atoms with Crippen molar-refractivity contribution in [2.75, 3.05) is 13.6 Å².